The van der Waals surface area contributed by atoms with Gasteiger partial charge in [0, 0.05) is 11.0 Å². The van der Waals surface area contributed by atoms with Gasteiger partial charge in [-0.15, -0.1) is 0 Å². The van der Waals surface area contributed by atoms with E-state index in [-0.39, 0.29) is 5.91 Å². The lowest BCUT2D eigenvalue weighted by Gasteiger charge is -2.25. The van der Waals surface area contributed by atoms with Crippen LogP contribution in [0, 0.1) is 0 Å². The minimum absolute atomic E-state index is 0.203. The first kappa shape index (κ1) is 14.8. The molecule has 0 aliphatic carbocycles. The average Bonchev–Trinajstić information content (AvgIpc) is 2.87. The summed E-state index contributed by atoms with van der Waals surface area (Å²) in [5.41, 5.74) is 5.32. The summed E-state index contributed by atoms with van der Waals surface area (Å²) in [5, 5.41) is 0. The molecular weight excluding hydrogens is 324 g/mol. The first-order valence-electron chi connectivity index (χ1n) is 6.51. The highest BCUT2D eigenvalue weighted by Gasteiger charge is 2.35. The van der Waals surface area contributed by atoms with Crippen LogP contribution in [0.2, 0.25) is 0 Å². The molecule has 0 bridgehead atoms. The molecule has 108 valence electrons. The Balaban J connectivity index is 2.03. The number of primary amides is 1. The van der Waals surface area contributed by atoms with E-state index in [4.69, 9.17) is 10.5 Å². The van der Waals surface area contributed by atoms with E-state index in [1.165, 1.54) is 4.90 Å². The van der Waals surface area contributed by atoms with Gasteiger partial charge in [-0.3, -0.25) is 9.59 Å². The van der Waals surface area contributed by atoms with Gasteiger partial charge in [0.1, 0.15) is 11.8 Å². The number of benzene rings is 1. The number of carbonyl (C=O) groups excluding carboxylic acids is 2. The van der Waals surface area contributed by atoms with E-state index in [2.05, 4.69) is 15.9 Å². The van der Waals surface area contributed by atoms with Gasteiger partial charge in [0.15, 0.2) is 6.10 Å². The van der Waals surface area contributed by atoms with Crippen LogP contribution in [-0.4, -0.2) is 35.4 Å². The van der Waals surface area contributed by atoms with Crippen molar-refractivity contribution in [3.63, 3.8) is 0 Å². The fourth-order valence-corrected chi connectivity index (χ4v) is 2.73. The zero-order chi connectivity index (χ0) is 14.7. The molecule has 20 heavy (non-hydrogen) atoms. The second kappa shape index (κ2) is 6.26. The number of ether oxygens (including phenoxy) is 1. The van der Waals surface area contributed by atoms with E-state index in [0.717, 1.165) is 10.9 Å². The molecule has 2 atom stereocenters. The third-order valence-electron chi connectivity index (χ3n) is 3.32. The number of halogens is 1. The summed E-state index contributed by atoms with van der Waals surface area (Å²) in [5.74, 6) is -0.0492. The monoisotopic (exact) mass is 340 g/mol. The standard InChI is InChI=1S/C14H17BrN2O3/c1-9(20-11-5-2-4-10(15)8-11)14(19)17-7-3-6-12(17)13(16)18/h2,4-5,8-9,12H,3,6-7H2,1H3,(H2,16,18)/t9-,12-/m1/s1. The number of amides is 2. The van der Waals surface area contributed by atoms with Crippen LogP contribution in [0.1, 0.15) is 19.8 Å². The van der Waals surface area contributed by atoms with Crippen molar-refractivity contribution in [1.29, 1.82) is 0 Å². The second-order valence-electron chi connectivity index (χ2n) is 4.81. The molecule has 1 aromatic carbocycles. The number of carbonyl (C=O) groups is 2. The van der Waals surface area contributed by atoms with Crippen molar-refractivity contribution in [2.45, 2.75) is 31.9 Å². The van der Waals surface area contributed by atoms with Gasteiger partial charge in [-0.1, -0.05) is 22.0 Å². The van der Waals surface area contributed by atoms with E-state index < -0.39 is 18.1 Å². The van der Waals surface area contributed by atoms with Gasteiger partial charge >= 0.3 is 0 Å². The molecule has 1 saturated heterocycles. The summed E-state index contributed by atoms with van der Waals surface area (Å²) < 4.78 is 6.50. The molecule has 2 N–H and O–H groups in total. The van der Waals surface area contributed by atoms with Crippen LogP contribution in [0.3, 0.4) is 0 Å². The number of hydrogen-bond donors (Lipinski definition) is 1. The predicted molar refractivity (Wildman–Crippen MR) is 78.2 cm³/mol. The predicted octanol–water partition coefficient (Wildman–Crippen LogP) is 1.69. The van der Waals surface area contributed by atoms with E-state index >= 15 is 0 Å². The summed E-state index contributed by atoms with van der Waals surface area (Å²) in [6, 6.07) is 6.78. The van der Waals surface area contributed by atoms with E-state index in [0.29, 0.717) is 18.7 Å². The Hall–Kier alpha value is -1.56. The smallest absolute Gasteiger partial charge is 0.264 e. The number of hydrogen-bond acceptors (Lipinski definition) is 3. The third kappa shape index (κ3) is 3.30. The van der Waals surface area contributed by atoms with E-state index in [1.807, 2.05) is 12.1 Å². The normalized spacial score (nSPS) is 19.7. The van der Waals surface area contributed by atoms with Crippen molar-refractivity contribution in [2.24, 2.45) is 5.73 Å². The molecule has 1 aliphatic rings. The van der Waals surface area contributed by atoms with Crippen LogP contribution < -0.4 is 10.5 Å². The Kier molecular flexibility index (Phi) is 4.65. The Morgan fingerprint density at radius 3 is 2.90 bits per heavy atom. The minimum atomic E-state index is -0.649. The van der Waals surface area contributed by atoms with Crippen molar-refractivity contribution in [1.82, 2.24) is 4.90 Å². The molecule has 1 heterocycles. The summed E-state index contributed by atoms with van der Waals surface area (Å²) in [6.07, 6.45) is 0.775. The number of rotatable bonds is 4. The van der Waals surface area contributed by atoms with Crippen molar-refractivity contribution >= 4 is 27.7 Å². The van der Waals surface area contributed by atoms with E-state index in [1.54, 1.807) is 19.1 Å². The molecule has 0 spiro atoms. The van der Waals surface area contributed by atoms with Crippen LogP contribution in [0.25, 0.3) is 0 Å². The van der Waals surface area contributed by atoms with Crippen LogP contribution in [-0.2, 0) is 9.59 Å². The van der Waals surface area contributed by atoms with Crippen LogP contribution in [0.15, 0.2) is 28.7 Å². The van der Waals surface area contributed by atoms with Gasteiger partial charge < -0.3 is 15.4 Å². The Bertz CT molecular complexity index is 521. The van der Waals surface area contributed by atoms with Crippen molar-refractivity contribution in [3.8, 4) is 5.75 Å². The van der Waals surface area contributed by atoms with Crippen molar-refractivity contribution in [3.05, 3.63) is 28.7 Å². The summed E-state index contributed by atoms with van der Waals surface area (Å²) >= 11 is 3.35. The maximum absolute atomic E-state index is 12.3. The first-order chi connectivity index (χ1) is 9.49. The first-order valence-corrected chi connectivity index (χ1v) is 7.30. The van der Waals surface area contributed by atoms with Gasteiger partial charge in [-0.2, -0.15) is 0 Å². The van der Waals surface area contributed by atoms with Crippen LogP contribution in [0.4, 0.5) is 0 Å². The zero-order valence-electron chi connectivity index (χ0n) is 11.2. The van der Waals surface area contributed by atoms with Crippen molar-refractivity contribution in [2.75, 3.05) is 6.54 Å². The lowest BCUT2D eigenvalue weighted by Crippen LogP contribution is -2.48. The van der Waals surface area contributed by atoms with Crippen LogP contribution >= 0.6 is 15.9 Å². The SMILES string of the molecule is C[C@@H](Oc1cccc(Br)c1)C(=O)N1CCC[C@@H]1C(N)=O. The van der Waals surface area contributed by atoms with Gasteiger partial charge in [0.2, 0.25) is 5.91 Å². The lowest BCUT2D eigenvalue weighted by atomic mass is 10.2. The molecule has 0 radical (unpaired) electrons. The largest absolute Gasteiger partial charge is 0.481 e. The highest BCUT2D eigenvalue weighted by atomic mass is 79.9. The average molecular weight is 341 g/mol. The Labute approximate surface area is 126 Å². The minimum Gasteiger partial charge on any atom is -0.481 e. The molecule has 1 fully saturated rings. The molecule has 0 aromatic heterocycles. The fourth-order valence-electron chi connectivity index (χ4n) is 2.35. The number of nitrogens with two attached hydrogens (primary N) is 1. The molecule has 6 heteroatoms. The summed E-state index contributed by atoms with van der Waals surface area (Å²) in [4.78, 5) is 25.2. The molecule has 2 amide bonds. The quantitative estimate of drug-likeness (QED) is 0.906. The van der Waals surface area contributed by atoms with Crippen molar-refractivity contribution < 1.29 is 14.3 Å². The highest BCUT2D eigenvalue weighted by Crippen LogP contribution is 2.22. The van der Waals surface area contributed by atoms with Gasteiger partial charge in [-0.25, -0.2) is 0 Å². The zero-order valence-corrected chi connectivity index (χ0v) is 12.8. The molecule has 0 saturated carbocycles. The van der Waals surface area contributed by atoms with Crippen LogP contribution in [0.5, 0.6) is 5.75 Å². The lowest BCUT2D eigenvalue weighted by molar-refractivity contribution is -0.142. The summed E-state index contributed by atoms with van der Waals surface area (Å²) in [7, 11) is 0. The molecule has 1 aliphatic heterocycles. The molecule has 2 rings (SSSR count). The summed E-state index contributed by atoms with van der Waals surface area (Å²) in [6.45, 7) is 2.23. The second-order valence-corrected chi connectivity index (χ2v) is 5.73. The maximum atomic E-state index is 12.3. The number of likely N-dealkylation sites (tertiary alicyclic amines) is 1. The molecular formula is C14H17BrN2O3. The van der Waals surface area contributed by atoms with E-state index in [9.17, 15) is 9.59 Å². The van der Waals surface area contributed by atoms with Gasteiger partial charge in [0.25, 0.3) is 5.91 Å². The molecule has 0 unspecified atom stereocenters. The van der Waals surface area contributed by atoms with Gasteiger partial charge in [0.05, 0.1) is 0 Å². The number of nitrogens with zero attached hydrogens (tertiary/aromatic N) is 1. The molecule has 1 aromatic rings. The highest BCUT2D eigenvalue weighted by molar-refractivity contribution is 9.10. The third-order valence-corrected chi connectivity index (χ3v) is 3.81. The Morgan fingerprint density at radius 1 is 1.50 bits per heavy atom. The molecule has 5 nitrogen and oxygen atoms in total. The van der Waals surface area contributed by atoms with Gasteiger partial charge in [-0.05, 0) is 38.0 Å². The fraction of sp³-hybridized carbons (Fsp3) is 0.429. The maximum Gasteiger partial charge on any atom is 0.264 e. The Morgan fingerprint density at radius 2 is 2.25 bits per heavy atom. The topological polar surface area (TPSA) is 72.6 Å².